The number of nitrogens with two attached hydrogens (primary N) is 1. The van der Waals surface area contributed by atoms with Crippen molar-refractivity contribution in [1.82, 2.24) is 19.9 Å². The van der Waals surface area contributed by atoms with E-state index in [1.165, 1.54) is 10.9 Å². The Bertz CT molecular complexity index is 1200. The van der Waals surface area contributed by atoms with Crippen LogP contribution in [0.5, 0.6) is 0 Å². The van der Waals surface area contributed by atoms with Crippen LogP contribution in [-0.2, 0) is 27.5 Å². The van der Waals surface area contributed by atoms with Crippen LogP contribution in [0.4, 0.5) is 5.82 Å². The van der Waals surface area contributed by atoms with E-state index in [0.717, 1.165) is 25.7 Å². The van der Waals surface area contributed by atoms with Gasteiger partial charge in [-0.2, -0.15) is 9.29 Å². The number of carbonyl (C=O) groups is 1. The van der Waals surface area contributed by atoms with E-state index in [4.69, 9.17) is 20.3 Å². The number of rotatable bonds is 15. The third-order valence-corrected chi connectivity index (χ3v) is 7.73. The molecule has 0 radical (unpaired) electrons. The van der Waals surface area contributed by atoms with Gasteiger partial charge in [0.2, 0.25) is 18.5 Å². The Morgan fingerprint density at radius 2 is 1.89 bits per heavy atom. The number of carbonyl (C=O) groups excluding carboxylic acids is 1. The van der Waals surface area contributed by atoms with Crippen LogP contribution in [0.25, 0.3) is 0 Å². The fourth-order valence-electron chi connectivity index (χ4n) is 3.80. The van der Waals surface area contributed by atoms with Gasteiger partial charge in [0.05, 0.1) is 13.2 Å². The number of unbranched alkanes of at least 4 members (excludes halogenated alkanes) is 3. The standard InChI is InChI=1S/C18H31N7O11P2/c19-5-3-1-2-4-6-20-12(26)7-21-16-13-17(23-9-22-16)25(10-24-13)18-15(28)14(27)11(35-18)8-34-38(32,33)36-37(29,30)31/h9,11,14-15,18,27-28H,1-8,10,19H2,(H4,20,26,29,30,31,32,33)/p+1. The summed E-state index contributed by atoms with van der Waals surface area (Å²) in [6.07, 6.45) is -0.733. The summed E-state index contributed by atoms with van der Waals surface area (Å²) in [5.41, 5.74) is 5.69. The number of aliphatic hydroxyl groups excluding tert-OH is 2. The van der Waals surface area contributed by atoms with Gasteiger partial charge in [0.25, 0.3) is 0 Å². The number of phosphoric acid groups is 2. The fraction of sp³-hybridized carbons (Fsp3) is 0.722. The van der Waals surface area contributed by atoms with E-state index in [0.29, 0.717) is 18.4 Å². The van der Waals surface area contributed by atoms with E-state index in [1.54, 1.807) is 0 Å². The molecule has 0 bridgehead atoms. The van der Waals surface area contributed by atoms with Gasteiger partial charge in [-0.15, -0.1) is 0 Å². The van der Waals surface area contributed by atoms with Gasteiger partial charge in [-0.25, -0.2) is 18.7 Å². The predicted octanol–water partition coefficient (Wildman–Crippen LogP) is -3.72. The molecule has 5 atom stereocenters. The number of fused-ring (bicyclic) bond motifs is 1. The van der Waals surface area contributed by atoms with E-state index in [1.807, 2.05) is 0 Å². The Labute approximate surface area is 216 Å². The Kier molecular flexibility index (Phi) is 10.8. The molecule has 1 saturated heterocycles. The number of anilines is 1. The number of nitrogens with zero attached hydrogens (tertiary/aromatic N) is 4. The SMILES string of the molecule is NCCCCCCNC(=O)CNc1ncnc2c1=NC[N+]=2C1OC(COP(=O)(O)OP(=O)(O)O)C(O)C1O. The molecule has 9 N–H and O–H groups in total. The molecule has 1 amide bonds. The van der Waals surface area contributed by atoms with Gasteiger partial charge in [-0.05, 0) is 24.4 Å². The molecule has 0 spiro atoms. The Morgan fingerprint density at radius 3 is 2.61 bits per heavy atom. The van der Waals surface area contributed by atoms with E-state index < -0.39 is 46.8 Å². The molecule has 5 unspecified atom stereocenters. The molecular weight excluding hydrogens is 552 g/mol. The zero-order valence-corrected chi connectivity index (χ0v) is 22.0. The molecule has 2 aliphatic rings. The van der Waals surface area contributed by atoms with E-state index in [2.05, 4.69) is 34.4 Å². The highest BCUT2D eigenvalue weighted by Gasteiger charge is 2.49. The van der Waals surface area contributed by atoms with Gasteiger partial charge in [0, 0.05) is 6.54 Å². The van der Waals surface area contributed by atoms with Crippen molar-refractivity contribution in [2.75, 3.05) is 38.2 Å². The van der Waals surface area contributed by atoms with Gasteiger partial charge in [0.1, 0.15) is 18.3 Å². The first kappa shape index (κ1) is 30.6. The summed E-state index contributed by atoms with van der Waals surface area (Å²) in [5, 5.41) is 26.8. The van der Waals surface area contributed by atoms with Crippen LogP contribution in [0.15, 0.2) is 11.3 Å². The van der Waals surface area contributed by atoms with Crippen molar-refractivity contribution < 1.29 is 52.4 Å². The summed E-state index contributed by atoms with van der Waals surface area (Å²) >= 11 is 0. The molecule has 3 heterocycles. The number of ether oxygens (including phenoxy) is 1. The number of amides is 1. The topological polar surface area (TPSA) is 271 Å². The second-order valence-corrected chi connectivity index (χ2v) is 11.3. The third kappa shape index (κ3) is 8.53. The van der Waals surface area contributed by atoms with Crippen LogP contribution >= 0.6 is 15.6 Å². The average Bonchev–Trinajstić information content (AvgIpc) is 3.38. The minimum atomic E-state index is -5.33. The molecule has 0 aliphatic carbocycles. The lowest BCUT2D eigenvalue weighted by atomic mass is 10.1. The van der Waals surface area contributed by atoms with Crippen molar-refractivity contribution in [2.45, 2.75) is 50.2 Å². The van der Waals surface area contributed by atoms with Gasteiger partial charge in [-0.3, -0.25) is 9.32 Å². The average molecular weight is 584 g/mol. The van der Waals surface area contributed by atoms with Crippen LogP contribution < -0.4 is 31.8 Å². The van der Waals surface area contributed by atoms with E-state index in [-0.39, 0.29) is 30.4 Å². The second-order valence-electron chi connectivity index (χ2n) is 8.45. The van der Waals surface area contributed by atoms with Crippen molar-refractivity contribution >= 4 is 27.4 Å². The number of aliphatic hydroxyl groups is 2. The van der Waals surface area contributed by atoms with Gasteiger partial charge < -0.3 is 46.0 Å². The molecule has 1 fully saturated rings. The highest BCUT2D eigenvalue weighted by molar-refractivity contribution is 7.60. The van der Waals surface area contributed by atoms with Crippen LogP contribution in [-0.4, -0.2) is 98.2 Å². The molecule has 18 nitrogen and oxygen atoms in total. The molecule has 1 aromatic heterocycles. The molecule has 0 aromatic carbocycles. The normalized spacial score (nSPS) is 24.5. The van der Waals surface area contributed by atoms with Crippen LogP contribution in [0.1, 0.15) is 25.7 Å². The van der Waals surface area contributed by atoms with Crippen molar-refractivity contribution in [3.05, 3.63) is 17.2 Å². The van der Waals surface area contributed by atoms with E-state index in [9.17, 15) is 29.0 Å². The van der Waals surface area contributed by atoms with Gasteiger partial charge in [0.15, 0.2) is 17.8 Å². The lowest BCUT2D eigenvalue weighted by molar-refractivity contribution is -0.119. The Morgan fingerprint density at radius 1 is 1.16 bits per heavy atom. The Balaban J connectivity index is 1.61. The molecule has 2 aliphatic heterocycles. The summed E-state index contributed by atoms with van der Waals surface area (Å²) in [6, 6.07) is 0. The zero-order valence-electron chi connectivity index (χ0n) is 20.2. The quantitative estimate of drug-likeness (QED) is 0.0559. The maximum Gasteiger partial charge on any atom is 0.481 e. The molecule has 20 heteroatoms. The Hall–Kier alpha value is -1.95. The van der Waals surface area contributed by atoms with Gasteiger partial charge in [-0.1, -0.05) is 12.8 Å². The predicted molar refractivity (Wildman–Crippen MR) is 128 cm³/mol. The first-order valence-corrected chi connectivity index (χ1v) is 14.7. The monoisotopic (exact) mass is 584 g/mol. The van der Waals surface area contributed by atoms with Crippen molar-refractivity contribution in [2.24, 2.45) is 10.7 Å². The molecule has 38 heavy (non-hydrogen) atoms. The first-order valence-electron chi connectivity index (χ1n) is 11.7. The minimum absolute atomic E-state index is 0.0560. The zero-order chi connectivity index (χ0) is 27.9. The molecule has 214 valence electrons. The third-order valence-electron chi connectivity index (χ3n) is 5.58. The summed E-state index contributed by atoms with van der Waals surface area (Å²) < 4.78 is 37.6. The van der Waals surface area contributed by atoms with Crippen LogP contribution in [0.2, 0.25) is 0 Å². The lowest BCUT2D eigenvalue weighted by Gasteiger charge is -2.17. The number of aromatic nitrogens is 2. The van der Waals surface area contributed by atoms with Crippen molar-refractivity contribution in [3.63, 3.8) is 0 Å². The highest BCUT2D eigenvalue weighted by atomic mass is 31.3. The maximum atomic E-state index is 12.1. The smallest absolute Gasteiger partial charge is 0.387 e. The maximum absolute atomic E-state index is 12.1. The van der Waals surface area contributed by atoms with Crippen molar-refractivity contribution in [3.8, 4) is 0 Å². The number of phosphoric ester groups is 1. The lowest BCUT2D eigenvalue weighted by Crippen LogP contribution is -2.49. The summed E-state index contributed by atoms with van der Waals surface area (Å²) in [6.45, 7) is 0.221. The number of hydrogen-bond donors (Lipinski definition) is 8. The molecule has 1 aromatic rings. The summed E-state index contributed by atoms with van der Waals surface area (Å²) in [5.74, 6) is 0.0229. The summed E-state index contributed by atoms with van der Waals surface area (Å²) in [7, 11) is -10.5. The second kappa shape index (κ2) is 13.4. The fourth-order valence-corrected chi connectivity index (χ4v) is 5.40. The van der Waals surface area contributed by atoms with Crippen LogP contribution in [0.3, 0.4) is 0 Å². The molecule has 0 saturated carbocycles. The van der Waals surface area contributed by atoms with Gasteiger partial charge >= 0.3 is 21.1 Å². The summed E-state index contributed by atoms with van der Waals surface area (Å²) in [4.78, 5) is 51.5. The van der Waals surface area contributed by atoms with Crippen LogP contribution in [0, 0.1) is 0 Å². The van der Waals surface area contributed by atoms with E-state index >= 15 is 0 Å². The molecule has 3 rings (SSSR count). The molecular formula is C18H32N7O11P2+. The highest BCUT2D eigenvalue weighted by Crippen LogP contribution is 2.57. The van der Waals surface area contributed by atoms with Crippen molar-refractivity contribution in [1.29, 1.82) is 0 Å². The first-order chi connectivity index (χ1) is 17.9. The largest absolute Gasteiger partial charge is 0.481 e. The number of hydrogen-bond acceptors (Lipinski definition) is 13. The minimum Gasteiger partial charge on any atom is -0.387 e. The number of nitrogens with one attached hydrogen (secondary N) is 2.